The fraction of sp³-hybridized carbons (Fsp3) is 0.312. The van der Waals surface area contributed by atoms with Crippen molar-refractivity contribution in [1.82, 2.24) is 15.1 Å². The van der Waals surface area contributed by atoms with Crippen molar-refractivity contribution in [2.45, 2.75) is 18.9 Å². The van der Waals surface area contributed by atoms with Gasteiger partial charge in [0.25, 0.3) is 5.91 Å². The molecule has 0 radical (unpaired) electrons. The number of nitrogens with zero attached hydrogens (tertiary/aromatic N) is 3. The molecule has 1 saturated heterocycles. The molecule has 0 saturated carbocycles. The first-order valence-corrected chi connectivity index (χ1v) is 8.01. The van der Waals surface area contributed by atoms with Gasteiger partial charge in [-0.1, -0.05) is 22.0 Å². The molecule has 1 amide bonds. The van der Waals surface area contributed by atoms with Crippen LogP contribution < -0.4 is 4.74 Å². The first-order chi connectivity index (χ1) is 10.7. The Morgan fingerprint density at radius 3 is 2.73 bits per heavy atom. The van der Waals surface area contributed by atoms with Crippen molar-refractivity contribution in [2.24, 2.45) is 0 Å². The molecule has 6 heteroatoms. The smallest absolute Gasteiger partial charge is 0.253 e. The standard InChI is InChI=1S/C16H16BrN3O2/c17-13-4-1-3-12(11-13)16(21)20-9-6-14(7-10-20)22-15-5-2-8-18-19-15/h1-5,8,11,14H,6-7,9-10H2. The number of piperidine rings is 1. The van der Waals surface area contributed by atoms with Gasteiger partial charge >= 0.3 is 0 Å². The second kappa shape index (κ2) is 6.87. The van der Waals surface area contributed by atoms with Crippen LogP contribution in [0.4, 0.5) is 0 Å². The molecule has 0 spiro atoms. The average molecular weight is 362 g/mol. The topological polar surface area (TPSA) is 55.3 Å². The minimum Gasteiger partial charge on any atom is -0.473 e. The summed E-state index contributed by atoms with van der Waals surface area (Å²) in [5.74, 6) is 0.610. The maximum absolute atomic E-state index is 12.5. The van der Waals surface area contributed by atoms with E-state index < -0.39 is 0 Å². The van der Waals surface area contributed by atoms with E-state index in [4.69, 9.17) is 4.74 Å². The summed E-state index contributed by atoms with van der Waals surface area (Å²) in [6.45, 7) is 1.38. The molecule has 22 heavy (non-hydrogen) atoms. The molecule has 1 aliphatic heterocycles. The molecule has 1 aliphatic rings. The van der Waals surface area contributed by atoms with Crippen LogP contribution in [0.25, 0.3) is 0 Å². The summed E-state index contributed by atoms with van der Waals surface area (Å²) < 4.78 is 6.71. The zero-order valence-corrected chi connectivity index (χ0v) is 13.6. The van der Waals surface area contributed by atoms with E-state index in [0.29, 0.717) is 24.5 Å². The number of rotatable bonds is 3. The van der Waals surface area contributed by atoms with Crippen LogP contribution in [0.2, 0.25) is 0 Å². The minimum absolute atomic E-state index is 0.0688. The van der Waals surface area contributed by atoms with Crippen molar-refractivity contribution in [3.8, 4) is 5.88 Å². The van der Waals surface area contributed by atoms with Gasteiger partial charge in [0.1, 0.15) is 6.10 Å². The third kappa shape index (κ3) is 3.62. The maximum atomic E-state index is 12.5. The van der Waals surface area contributed by atoms with Crippen LogP contribution in [0, 0.1) is 0 Å². The summed E-state index contributed by atoms with van der Waals surface area (Å²) in [6, 6.07) is 11.1. The first kappa shape index (κ1) is 15.0. The first-order valence-electron chi connectivity index (χ1n) is 7.21. The molecule has 1 aromatic heterocycles. The van der Waals surface area contributed by atoms with Gasteiger partial charge in [0.15, 0.2) is 0 Å². The van der Waals surface area contributed by atoms with Crippen LogP contribution in [0.3, 0.4) is 0 Å². The van der Waals surface area contributed by atoms with Crippen molar-refractivity contribution in [3.63, 3.8) is 0 Å². The number of halogens is 1. The summed E-state index contributed by atoms with van der Waals surface area (Å²) in [6.07, 6.45) is 3.31. The number of amides is 1. The second-order valence-corrected chi connectivity index (χ2v) is 6.10. The zero-order valence-electron chi connectivity index (χ0n) is 12.0. The van der Waals surface area contributed by atoms with E-state index in [1.807, 2.05) is 29.2 Å². The quantitative estimate of drug-likeness (QED) is 0.843. The number of carbonyl (C=O) groups is 1. The van der Waals surface area contributed by atoms with Gasteiger partial charge in [-0.15, -0.1) is 5.10 Å². The molecule has 2 heterocycles. The Morgan fingerprint density at radius 1 is 1.23 bits per heavy atom. The summed E-state index contributed by atoms with van der Waals surface area (Å²) >= 11 is 3.40. The molecule has 2 aromatic rings. The molecule has 3 rings (SSSR count). The number of hydrogen-bond donors (Lipinski definition) is 0. The van der Waals surface area contributed by atoms with Crippen molar-refractivity contribution in [3.05, 3.63) is 52.6 Å². The highest BCUT2D eigenvalue weighted by Gasteiger charge is 2.25. The zero-order chi connectivity index (χ0) is 15.4. The number of benzene rings is 1. The highest BCUT2D eigenvalue weighted by Crippen LogP contribution is 2.19. The van der Waals surface area contributed by atoms with Gasteiger partial charge in [0.2, 0.25) is 5.88 Å². The van der Waals surface area contributed by atoms with Crippen molar-refractivity contribution < 1.29 is 9.53 Å². The lowest BCUT2D eigenvalue weighted by Gasteiger charge is -2.31. The lowest BCUT2D eigenvalue weighted by Crippen LogP contribution is -2.41. The average Bonchev–Trinajstić information content (AvgIpc) is 2.56. The highest BCUT2D eigenvalue weighted by molar-refractivity contribution is 9.10. The number of aromatic nitrogens is 2. The molecule has 5 nitrogen and oxygen atoms in total. The predicted octanol–water partition coefficient (Wildman–Crippen LogP) is 2.92. The van der Waals surface area contributed by atoms with Gasteiger partial charge in [-0.3, -0.25) is 4.79 Å². The molecule has 0 bridgehead atoms. The van der Waals surface area contributed by atoms with Gasteiger partial charge in [0, 0.05) is 48.2 Å². The van der Waals surface area contributed by atoms with Gasteiger partial charge in [0.05, 0.1) is 0 Å². The highest BCUT2D eigenvalue weighted by atomic mass is 79.9. The largest absolute Gasteiger partial charge is 0.473 e. The lowest BCUT2D eigenvalue weighted by molar-refractivity contribution is 0.0586. The van der Waals surface area contributed by atoms with Crippen molar-refractivity contribution >= 4 is 21.8 Å². The Labute approximate surface area is 137 Å². The van der Waals surface area contributed by atoms with E-state index in [-0.39, 0.29) is 12.0 Å². The predicted molar refractivity (Wildman–Crippen MR) is 85.7 cm³/mol. The third-order valence-corrected chi connectivity index (χ3v) is 4.13. The van der Waals surface area contributed by atoms with Crippen LogP contribution in [0.15, 0.2) is 47.1 Å². The summed E-state index contributed by atoms with van der Waals surface area (Å²) in [5, 5.41) is 7.72. The number of ether oxygens (including phenoxy) is 1. The van der Waals surface area contributed by atoms with E-state index in [1.165, 1.54) is 0 Å². The minimum atomic E-state index is 0.0688. The summed E-state index contributed by atoms with van der Waals surface area (Å²) in [7, 11) is 0. The SMILES string of the molecule is O=C(c1cccc(Br)c1)N1CCC(Oc2cccnn2)CC1. The van der Waals surface area contributed by atoms with E-state index >= 15 is 0 Å². The number of carbonyl (C=O) groups excluding carboxylic acids is 1. The van der Waals surface area contributed by atoms with E-state index in [9.17, 15) is 4.79 Å². The Morgan fingerprint density at radius 2 is 2.05 bits per heavy atom. The van der Waals surface area contributed by atoms with Crippen LogP contribution in [0.5, 0.6) is 5.88 Å². The van der Waals surface area contributed by atoms with Gasteiger partial charge < -0.3 is 9.64 Å². The lowest BCUT2D eigenvalue weighted by atomic mass is 10.1. The monoisotopic (exact) mass is 361 g/mol. The third-order valence-electron chi connectivity index (χ3n) is 3.64. The van der Waals surface area contributed by atoms with Crippen LogP contribution in [-0.4, -0.2) is 40.2 Å². The van der Waals surface area contributed by atoms with Gasteiger partial charge in [-0.05, 0) is 24.3 Å². The molecule has 0 atom stereocenters. The molecule has 0 aliphatic carbocycles. The van der Waals surface area contributed by atoms with Crippen LogP contribution >= 0.6 is 15.9 Å². The fourth-order valence-corrected chi connectivity index (χ4v) is 2.90. The molecular formula is C16H16BrN3O2. The van der Waals surface area contributed by atoms with Crippen molar-refractivity contribution in [1.29, 1.82) is 0 Å². The van der Waals surface area contributed by atoms with E-state index in [2.05, 4.69) is 26.1 Å². The van der Waals surface area contributed by atoms with Crippen molar-refractivity contribution in [2.75, 3.05) is 13.1 Å². The molecule has 1 aromatic carbocycles. The van der Waals surface area contributed by atoms with Crippen LogP contribution in [0.1, 0.15) is 23.2 Å². The van der Waals surface area contributed by atoms with Gasteiger partial charge in [-0.25, -0.2) is 0 Å². The molecular weight excluding hydrogens is 346 g/mol. The summed E-state index contributed by atoms with van der Waals surface area (Å²) in [4.78, 5) is 14.3. The van der Waals surface area contributed by atoms with Crippen LogP contribution in [-0.2, 0) is 0 Å². The Balaban J connectivity index is 1.56. The summed E-state index contributed by atoms with van der Waals surface area (Å²) in [5.41, 5.74) is 0.711. The van der Waals surface area contributed by atoms with Gasteiger partial charge in [-0.2, -0.15) is 5.10 Å². The fourth-order valence-electron chi connectivity index (χ4n) is 2.50. The molecule has 0 unspecified atom stereocenters. The molecule has 1 fully saturated rings. The second-order valence-electron chi connectivity index (χ2n) is 5.18. The number of likely N-dealkylation sites (tertiary alicyclic amines) is 1. The Hall–Kier alpha value is -1.95. The molecule has 114 valence electrons. The Kier molecular flexibility index (Phi) is 4.68. The maximum Gasteiger partial charge on any atom is 0.253 e. The Bertz CT molecular complexity index is 643. The van der Waals surface area contributed by atoms with E-state index in [1.54, 1.807) is 18.3 Å². The number of hydrogen-bond acceptors (Lipinski definition) is 4. The van der Waals surface area contributed by atoms with E-state index in [0.717, 1.165) is 17.3 Å². The molecule has 0 N–H and O–H groups in total. The normalized spacial score (nSPS) is 15.6.